The van der Waals surface area contributed by atoms with Gasteiger partial charge in [0.05, 0.1) is 22.8 Å². The van der Waals surface area contributed by atoms with Gasteiger partial charge in [-0.15, -0.1) is 0 Å². The van der Waals surface area contributed by atoms with Crippen molar-refractivity contribution in [2.45, 2.75) is 19.3 Å². The number of amides is 1. The summed E-state index contributed by atoms with van der Waals surface area (Å²) in [5.41, 5.74) is -2.06. The number of aromatic nitrogens is 2. The molecule has 5 aromatic rings. The number of ether oxygens (including phenoxy) is 2. The van der Waals surface area contributed by atoms with Gasteiger partial charge in [-0.1, -0.05) is 29.8 Å². The van der Waals surface area contributed by atoms with Crippen molar-refractivity contribution >= 4 is 45.3 Å². The highest BCUT2D eigenvalue weighted by Gasteiger charge is 2.31. The lowest BCUT2D eigenvalue weighted by Gasteiger charge is -2.14. The van der Waals surface area contributed by atoms with E-state index in [1.54, 1.807) is 42.5 Å². The van der Waals surface area contributed by atoms with E-state index in [1.807, 2.05) is 0 Å². The predicted octanol–water partition coefficient (Wildman–Crippen LogP) is 5.00. The standard InChI is InChI=1S/C27H17ClF3N3O6/c28-17-7-6-15(27(29,30)31)10-18(17)32-22(35)12-33-23-16-3-1-2-4-19(16)40-24(23)25(36)34(26(33)37)11-14-5-8-20-21(9-14)39-13-38-20/h1-10H,11-13H2,(H,32,35). The van der Waals surface area contributed by atoms with E-state index in [1.165, 1.54) is 0 Å². The monoisotopic (exact) mass is 571 g/mol. The third kappa shape index (κ3) is 4.45. The van der Waals surface area contributed by atoms with Crippen molar-refractivity contribution < 1.29 is 31.9 Å². The van der Waals surface area contributed by atoms with Crippen LogP contribution < -0.4 is 26.0 Å². The zero-order chi connectivity index (χ0) is 28.2. The number of halogens is 4. The van der Waals surface area contributed by atoms with Crippen molar-refractivity contribution in [2.75, 3.05) is 12.1 Å². The largest absolute Gasteiger partial charge is 0.454 e. The average molecular weight is 572 g/mol. The summed E-state index contributed by atoms with van der Waals surface area (Å²) in [7, 11) is 0. The second-order valence-corrected chi connectivity index (χ2v) is 9.37. The Hall–Kier alpha value is -4.71. The number of hydrogen-bond acceptors (Lipinski definition) is 6. The number of para-hydroxylation sites is 1. The molecule has 1 aliphatic heterocycles. The molecule has 0 unspecified atom stereocenters. The van der Waals surface area contributed by atoms with Crippen molar-refractivity contribution in [1.82, 2.24) is 9.13 Å². The number of rotatable bonds is 5. The number of carbonyl (C=O) groups is 1. The maximum atomic E-state index is 13.7. The Balaban J connectivity index is 1.44. The fourth-order valence-electron chi connectivity index (χ4n) is 4.53. The minimum atomic E-state index is -4.66. The number of benzene rings is 3. The van der Waals surface area contributed by atoms with E-state index in [9.17, 15) is 27.6 Å². The summed E-state index contributed by atoms with van der Waals surface area (Å²) in [5.74, 6) is 0.127. The Kier molecular flexibility index (Phi) is 6.06. The van der Waals surface area contributed by atoms with E-state index in [4.69, 9.17) is 25.5 Å². The van der Waals surface area contributed by atoms with Crippen molar-refractivity contribution in [2.24, 2.45) is 0 Å². The summed E-state index contributed by atoms with van der Waals surface area (Å²) < 4.78 is 58.0. The van der Waals surface area contributed by atoms with Crippen LogP contribution in [0.2, 0.25) is 5.02 Å². The maximum Gasteiger partial charge on any atom is 0.416 e. The van der Waals surface area contributed by atoms with E-state index in [0.717, 1.165) is 21.3 Å². The fraction of sp³-hybridized carbons (Fsp3) is 0.148. The van der Waals surface area contributed by atoms with Crippen LogP contribution in [0.5, 0.6) is 11.5 Å². The molecule has 204 valence electrons. The smallest absolute Gasteiger partial charge is 0.416 e. The molecule has 0 spiro atoms. The molecule has 1 aliphatic rings. The molecule has 40 heavy (non-hydrogen) atoms. The number of carbonyl (C=O) groups excluding carboxylic acids is 1. The van der Waals surface area contributed by atoms with Gasteiger partial charge in [-0.25, -0.2) is 4.79 Å². The first-order valence-corrected chi connectivity index (χ1v) is 12.2. The Morgan fingerprint density at radius 3 is 2.55 bits per heavy atom. The van der Waals surface area contributed by atoms with E-state index < -0.39 is 35.4 Å². The van der Waals surface area contributed by atoms with Gasteiger partial charge < -0.3 is 19.2 Å². The van der Waals surface area contributed by atoms with Gasteiger partial charge in [-0.2, -0.15) is 13.2 Å². The molecule has 0 aliphatic carbocycles. The summed E-state index contributed by atoms with van der Waals surface area (Å²) in [5, 5.41) is 2.62. The van der Waals surface area contributed by atoms with Gasteiger partial charge in [0.1, 0.15) is 17.6 Å². The molecule has 6 rings (SSSR count). The number of fused-ring (bicyclic) bond motifs is 4. The van der Waals surface area contributed by atoms with Crippen molar-refractivity contribution in [1.29, 1.82) is 0 Å². The first-order valence-electron chi connectivity index (χ1n) is 11.8. The van der Waals surface area contributed by atoms with Gasteiger partial charge in [0.25, 0.3) is 5.56 Å². The molecular formula is C27H17ClF3N3O6. The molecule has 3 aromatic carbocycles. The van der Waals surface area contributed by atoms with Crippen molar-refractivity contribution in [3.63, 3.8) is 0 Å². The van der Waals surface area contributed by atoms with Crippen LogP contribution in [-0.2, 0) is 24.1 Å². The molecule has 1 N–H and O–H groups in total. The second-order valence-electron chi connectivity index (χ2n) is 8.96. The molecule has 2 aromatic heterocycles. The fourth-order valence-corrected chi connectivity index (χ4v) is 4.70. The lowest BCUT2D eigenvalue weighted by molar-refractivity contribution is -0.137. The highest BCUT2D eigenvalue weighted by atomic mass is 35.5. The van der Waals surface area contributed by atoms with Crippen LogP contribution >= 0.6 is 11.6 Å². The number of nitrogens with zero attached hydrogens (tertiary/aromatic N) is 2. The normalized spacial score (nSPS) is 12.8. The third-order valence-electron chi connectivity index (χ3n) is 6.39. The first-order chi connectivity index (χ1) is 19.1. The highest BCUT2D eigenvalue weighted by Crippen LogP contribution is 2.34. The Morgan fingerprint density at radius 1 is 0.975 bits per heavy atom. The topological polar surface area (TPSA) is 105 Å². The number of furan rings is 1. The summed E-state index contributed by atoms with van der Waals surface area (Å²) in [6.07, 6.45) is -4.66. The van der Waals surface area contributed by atoms with Gasteiger partial charge in [0.15, 0.2) is 11.5 Å². The Labute approximate surface area is 226 Å². The summed E-state index contributed by atoms with van der Waals surface area (Å²) >= 11 is 6.03. The molecule has 0 saturated carbocycles. The second kappa shape index (κ2) is 9.49. The number of anilines is 1. The van der Waals surface area contributed by atoms with E-state index in [2.05, 4.69) is 5.32 Å². The van der Waals surface area contributed by atoms with E-state index in [-0.39, 0.29) is 35.1 Å². The lowest BCUT2D eigenvalue weighted by Crippen LogP contribution is -2.41. The molecule has 3 heterocycles. The van der Waals surface area contributed by atoms with Gasteiger partial charge in [-0.05, 0) is 48.0 Å². The van der Waals surface area contributed by atoms with E-state index >= 15 is 0 Å². The predicted molar refractivity (Wildman–Crippen MR) is 139 cm³/mol. The Morgan fingerprint density at radius 2 is 1.75 bits per heavy atom. The van der Waals surface area contributed by atoms with Gasteiger partial charge >= 0.3 is 11.9 Å². The van der Waals surface area contributed by atoms with Crippen LogP contribution in [0.1, 0.15) is 11.1 Å². The average Bonchev–Trinajstić information content (AvgIpc) is 3.54. The van der Waals surface area contributed by atoms with Gasteiger partial charge in [-0.3, -0.25) is 18.7 Å². The third-order valence-corrected chi connectivity index (χ3v) is 6.72. The van der Waals surface area contributed by atoms with E-state index in [0.29, 0.717) is 34.1 Å². The van der Waals surface area contributed by atoms with Crippen molar-refractivity contribution in [3.8, 4) is 11.5 Å². The van der Waals surface area contributed by atoms with Gasteiger partial charge in [0, 0.05) is 5.39 Å². The van der Waals surface area contributed by atoms with Crippen LogP contribution in [0.25, 0.3) is 22.1 Å². The summed E-state index contributed by atoms with van der Waals surface area (Å²) in [4.78, 5) is 40.2. The molecule has 9 nitrogen and oxygen atoms in total. The molecule has 1 amide bonds. The molecule has 0 radical (unpaired) electrons. The summed E-state index contributed by atoms with van der Waals surface area (Å²) in [6, 6.07) is 14.0. The molecule has 0 atom stereocenters. The molecule has 0 saturated heterocycles. The van der Waals surface area contributed by atoms with Crippen LogP contribution in [0.15, 0.2) is 74.7 Å². The highest BCUT2D eigenvalue weighted by molar-refractivity contribution is 6.33. The zero-order valence-corrected chi connectivity index (χ0v) is 21.0. The summed E-state index contributed by atoms with van der Waals surface area (Å²) in [6.45, 7) is -0.781. The quantitative estimate of drug-likeness (QED) is 0.318. The number of nitrogens with one attached hydrogen (secondary N) is 1. The SMILES string of the molecule is O=C(Cn1c(=O)n(Cc2ccc3c(c2)OCO3)c(=O)c2oc3ccccc3c21)Nc1cc(C(F)(F)F)ccc1Cl. The van der Waals surface area contributed by atoms with Crippen molar-refractivity contribution in [3.05, 3.63) is 97.7 Å². The number of alkyl halides is 3. The molecule has 0 fully saturated rings. The number of hydrogen-bond donors (Lipinski definition) is 1. The van der Waals surface area contributed by atoms with Crippen LogP contribution in [-0.4, -0.2) is 21.8 Å². The minimum Gasteiger partial charge on any atom is -0.454 e. The maximum absolute atomic E-state index is 13.7. The molecule has 0 bridgehead atoms. The van der Waals surface area contributed by atoms with Crippen LogP contribution in [0.4, 0.5) is 18.9 Å². The molecule has 13 heteroatoms. The molecular weight excluding hydrogens is 555 g/mol. The first kappa shape index (κ1) is 25.6. The van der Waals surface area contributed by atoms with Crippen LogP contribution in [0, 0.1) is 0 Å². The van der Waals surface area contributed by atoms with Crippen LogP contribution in [0.3, 0.4) is 0 Å². The lowest BCUT2D eigenvalue weighted by atomic mass is 10.2. The van der Waals surface area contributed by atoms with Gasteiger partial charge in [0.2, 0.25) is 18.3 Å². The Bertz CT molecular complexity index is 1940. The minimum absolute atomic E-state index is 0.0431. The zero-order valence-electron chi connectivity index (χ0n) is 20.3.